The summed E-state index contributed by atoms with van der Waals surface area (Å²) in [5.74, 6) is 0.196. The third-order valence-electron chi connectivity index (χ3n) is 7.21. The number of nitrogens with one attached hydrogen (secondary N) is 1. The van der Waals surface area contributed by atoms with Crippen LogP contribution < -0.4 is 10.1 Å². The quantitative estimate of drug-likeness (QED) is 0.671. The van der Waals surface area contributed by atoms with Crippen molar-refractivity contribution < 1.29 is 27.5 Å². The number of likely N-dealkylation sites (N-methyl/N-ethyl adjacent to an activating group) is 1. The highest BCUT2D eigenvalue weighted by Gasteiger charge is 2.47. The first-order valence-corrected chi connectivity index (χ1v) is 11.5. The Balaban J connectivity index is 1.42. The van der Waals surface area contributed by atoms with Gasteiger partial charge in [0.15, 0.2) is 6.61 Å². The second-order valence-electron chi connectivity index (χ2n) is 9.17. The molecule has 1 aromatic carbocycles. The Kier molecular flexibility index (Phi) is 6.77. The minimum Gasteiger partial charge on any atom is -0.483 e. The molecule has 4 rings (SSSR count). The van der Waals surface area contributed by atoms with Gasteiger partial charge in [0.2, 0.25) is 0 Å². The van der Waals surface area contributed by atoms with Crippen molar-refractivity contribution in [2.24, 2.45) is 0 Å². The number of aromatic nitrogens is 1. The molecule has 2 bridgehead atoms. The van der Waals surface area contributed by atoms with Crippen molar-refractivity contribution in [2.45, 2.75) is 51.5 Å². The molecule has 0 unspecified atom stereocenters. The zero-order chi connectivity index (χ0) is 25.5. The highest BCUT2D eigenvalue weighted by Crippen LogP contribution is 2.39. The molecular formula is C25H29F3N4O3. The molecule has 2 amide bonds. The first-order chi connectivity index (χ1) is 16.5. The summed E-state index contributed by atoms with van der Waals surface area (Å²) in [7, 11) is 1.56. The maximum Gasteiger partial charge on any atom is 0.433 e. The predicted molar refractivity (Wildman–Crippen MR) is 123 cm³/mol. The van der Waals surface area contributed by atoms with Gasteiger partial charge in [0.25, 0.3) is 11.8 Å². The Hall–Kier alpha value is -3.14. The molecule has 0 radical (unpaired) electrons. The Bertz CT molecular complexity index is 1120. The van der Waals surface area contributed by atoms with Gasteiger partial charge in [-0.3, -0.25) is 19.5 Å². The van der Waals surface area contributed by atoms with E-state index in [1.54, 1.807) is 11.9 Å². The Morgan fingerprint density at radius 2 is 1.89 bits per heavy atom. The monoisotopic (exact) mass is 490 g/mol. The van der Waals surface area contributed by atoms with Crippen LogP contribution >= 0.6 is 0 Å². The smallest absolute Gasteiger partial charge is 0.433 e. The second-order valence-corrected chi connectivity index (χ2v) is 9.17. The van der Waals surface area contributed by atoms with Gasteiger partial charge in [-0.25, -0.2) is 0 Å². The van der Waals surface area contributed by atoms with E-state index in [4.69, 9.17) is 4.74 Å². The van der Waals surface area contributed by atoms with Gasteiger partial charge in [-0.1, -0.05) is 6.07 Å². The summed E-state index contributed by atoms with van der Waals surface area (Å²) in [5, 5.41) is 2.53. The molecule has 1 aromatic heterocycles. The van der Waals surface area contributed by atoms with Crippen molar-refractivity contribution in [1.82, 2.24) is 20.1 Å². The summed E-state index contributed by atoms with van der Waals surface area (Å²) >= 11 is 0. The van der Waals surface area contributed by atoms with Gasteiger partial charge in [0.05, 0.1) is 5.56 Å². The van der Waals surface area contributed by atoms with Crippen LogP contribution in [0.15, 0.2) is 30.5 Å². The summed E-state index contributed by atoms with van der Waals surface area (Å²) in [5.41, 5.74) is 2.40. The summed E-state index contributed by atoms with van der Waals surface area (Å²) in [6, 6.07) is 6.25. The number of carbonyl (C=O) groups excluding carboxylic acids is 2. The zero-order valence-electron chi connectivity index (χ0n) is 20.1. The number of likely N-dealkylation sites (tertiary alicyclic amines) is 2. The number of amides is 2. The maximum absolute atomic E-state index is 13.0. The number of carbonyl (C=O) groups is 2. The minimum atomic E-state index is -4.53. The van der Waals surface area contributed by atoms with Crippen LogP contribution in [0.25, 0.3) is 0 Å². The number of ether oxygens (including phenoxy) is 1. The van der Waals surface area contributed by atoms with Crippen LogP contribution in [0.1, 0.15) is 52.1 Å². The summed E-state index contributed by atoms with van der Waals surface area (Å²) in [4.78, 5) is 32.0. The van der Waals surface area contributed by atoms with Gasteiger partial charge in [-0.05, 0) is 62.1 Å². The fraction of sp³-hybridized carbons (Fsp3) is 0.480. The molecule has 10 heteroatoms. The lowest BCUT2D eigenvalue weighted by Gasteiger charge is -2.38. The highest BCUT2D eigenvalue weighted by atomic mass is 19.4. The van der Waals surface area contributed by atoms with Crippen LogP contribution in [0.4, 0.5) is 13.2 Å². The van der Waals surface area contributed by atoms with E-state index in [2.05, 4.69) is 22.1 Å². The lowest BCUT2D eigenvalue weighted by molar-refractivity contribution is -0.141. The summed E-state index contributed by atoms with van der Waals surface area (Å²) < 4.78 is 44.0. The predicted octanol–water partition coefficient (Wildman–Crippen LogP) is 3.50. The largest absolute Gasteiger partial charge is 0.483 e. The molecule has 2 fully saturated rings. The Morgan fingerprint density at radius 3 is 2.46 bits per heavy atom. The van der Waals surface area contributed by atoms with Crippen molar-refractivity contribution in [1.29, 1.82) is 0 Å². The van der Waals surface area contributed by atoms with Crippen molar-refractivity contribution in [3.8, 4) is 5.75 Å². The van der Waals surface area contributed by atoms with Crippen LogP contribution in [-0.4, -0.2) is 65.4 Å². The highest BCUT2D eigenvalue weighted by molar-refractivity contribution is 5.94. The van der Waals surface area contributed by atoms with Crippen LogP contribution in [0.3, 0.4) is 0 Å². The topological polar surface area (TPSA) is 74.8 Å². The number of nitrogens with zero attached hydrogens (tertiary/aromatic N) is 3. The molecule has 2 aliphatic heterocycles. The molecular weight excluding hydrogens is 461 g/mol. The SMILES string of the molecule is CNC(=O)COc1ccc([C@H](C)N2C[C@@H]3C[C@H]2CN3C(=O)c2ccc(C(F)(F)F)nc2)c(C)c1C. The molecule has 2 aromatic rings. The average molecular weight is 491 g/mol. The summed E-state index contributed by atoms with van der Waals surface area (Å²) in [6.45, 7) is 7.33. The van der Waals surface area contributed by atoms with E-state index in [1.807, 2.05) is 26.0 Å². The number of benzene rings is 1. The van der Waals surface area contributed by atoms with E-state index in [9.17, 15) is 22.8 Å². The van der Waals surface area contributed by atoms with E-state index < -0.39 is 11.9 Å². The molecule has 0 saturated carbocycles. The number of halogens is 3. The van der Waals surface area contributed by atoms with Crippen LogP contribution in [0, 0.1) is 13.8 Å². The normalized spacial score (nSPS) is 20.7. The number of hydrogen-bond acceptors (Lipinski definition) is 5. The van der Waals surface area contributed by atoms with Crippen molar-refractivity contribution in [3.05, 3.63) is 58.4 Å². The van der Waals surface area contributed by atoms with Crippen LogP contribution in [0.2, 0.25) is 0 Å². The standard InChI is InChI=1S/C25H29F3N4O3/c1-14-15(2)21(35-13-23(33)29-4)7-6-20(14)16(3)31-11-19-9-18(31)12-32(19)24(34)17-5-8-22(30-10-17)25(26,27)28/h5-8,10,16,18-19H,9,11-13H2,1-4H3,(H,29,33)/t16-,18-,19-/m0/s1. The van der Waals surface area contributed by atoms with Crippen molar-refractivity contribution in [2.75, 3.05) is 26.7 Å². The van der Waals surface area contributed by atoms with Crippen LogP contribution in [0.5, 0.6) is 5.75 Å². The zero-order valence-corrected chi connectivity index (χ0v) is 20.1. The molecule has 7 nitrogen and oxygen atoms in total. The molecule has 188 valence electrons. The molecule has 2 saturated heterocycles. The lowest BCUT2D eigenvalue weighted by atomic mass is 9.96. The maximum atomic E-state index is 13.0. The number of rotatable bonds is 6. The van der Waals surface area contributed by atoms with Gasteiger partial charge in [-0.2, -0.15) is 13.2 Å². The molecule has 3 atom stereocenters. The fourth-order valence-electron chi connectivity index (χ4n) is 5.09. The number of alkyl halides is 3. The van der Waals surface area contributed by atoms with Crippen molar-refractivity contribution in [3.63, 3.8) is 0 Å². The summed E-state index contributed by atoms with van der Waals surface area (Å²) in [6.07, 6.45) is -2.69. The van der Waals surface area contributed by atoms with E-state index in [1.165, 1.54) is 6.07 Å². The first-order valence-electron chi connectivity index (χ1n) is 11.5. The molecule has 35 heavy (non-hydrogen) atoms. The van der Waals surface area contributed by atoms with E-state index in [0.717, 1.165) is 35.4 Å². The second kappa shape index (κ2) is 9.49. The van der Waals surface area contributed by atoms with Gasteiger partial charge in [-0.15, -0.1) is 0 Å². The minimum absolute atomic E-state index is 0.00816. The Morgan fingerprint density at radius 1 is 1.14 bits per heavy atom. The number of fused-ring (bicyclic) bond motifs is 2. The first kappa shape index (κ1) is 25.0. The molecule has 3 heterocycles. The van der Waals surface area contributed by atoms with Gasteiger partial charge >= 0.3 is 6.18 Å². The molecule has 0 spiro atoms. The molecule has 2 aliphatic rings. The van der Waals surface area contributed by atoms with E-state index in [-0.39, 0.29) is 42.1 Å². The lowest BCUT2D eigenvalue weighted by Crippen LogP contribution is -2.49. The number of piperazine rings is 1. The van der Waals surface area contributed by atoms with Gasteiger partial charge in [0.1, 0.15) is 11.4 Å². The Labute approximate surface area is 202 Å². The number of pyridine rings is 1. The number of hydrogen-bond donors (Lipinski definition) is 1. The van der Waals surface area contributed by atoms with Gasteiger partial charge < -0.3 is 15.0 Å². The molecule has 0 aliphatic carbocycles. The van der Waals surface area contributed by atoms with E-state index >= 15 is 0 Å². The van der Waals surface area contributed by atoms with E-state index in [0.29, 0.717) is 18.8 Å². The van der Waals surface area contributed by atoms with Gasteiger partial charge in [0, 0.05) is 44.5 Å². The van der Waals surface area contributed by atoms with Crippen molar-refractivity contribution >= 4 is 11.8 Å². The molecule has 1 N–H and O–H groups in total. The fourth-order valence-corrected chi connectivity index (χ4v) is 5.09. The van der Waals surface area contributed by atoms with Crippen LogP contribution in [-0.2, 0) is 11.0 Å². The average Bonchev–Trinajstić information content (AvgIpc) is 3.45. The third kappa shape index (κ3) is 4.84. The third-order valence-corrected chi connectivity index (χ3v) is 7.21.